The van der Waals surface area contributed by atoms with Crippen LogP contribution in [0.5, 0.6) is 0 Å². The number of allylic oxidation sites excluding steroid dienone is 2. The van der Waals surface area contributed by atoms with Crippen molar-refractivity contribution < 1.29 is 4.79 Å². The second-order valence-corrected chi connectivity index (χ2v) is 4.02. The highest BCUT2D eigenvalue weighted by Crippen LogP contribution is 2.24. The standard InChI is InChI=1S/C13H15NO/c1-9-3-5-11(6-4-9)14-12-7-8-13(15)10(12)2/h3-6,14H,7-8H2,1-2H3. The summed E-state index contributed by atoms with van der Waals surface area (Å²) >= 11 is 0. The van der Waals surface area contributed by atoms with Crippen molar-refractivity contribution in [1.82, 2.24) is 0 Å². The molecule has 0 aliphatic heterocycles. The first-order valence-electron chi connectivity index (χ1n) is 5.23. The molecule has 78 valence electrons. The Labute approximate surface area is 90.0 Å². The molecule has 0 aromatic heterocycles. The molecule has 0 heterocycles. The van der Waals surface area contributed by atoms with E-state index in [2.05, 4.69) is 24.4 Å². The fraction of sp³-hybridized carbons (Fsp3) is 0.308. The lowest BCUT2D eigenvalue weighted by molar-refractivity contribution is -0.114. The maximum atomic E-state index is 11.3. The van der Waals surface area contributed by atoms with E-state index < -0.39 is 0 Å². The molecular weight excluding hydrogens is 186 g/mol. The molecule has 0 atom stereocenters. The zero-order chi connectivity index (χ0) is 10.8. The van der Waals surface area contributed by atoms with Crippen molar-refractivity contribution in [2.45, 2.75) is 26.7 Å². The van der Waals surface area contributed by atoms with Crippen LogP contribution in [-0.4, -0.2) is 5.78 Å². The number of hydrogen-bond donors (Lipinski definition) is 1. The summed E-state index contributed by atoms with van der Waals surface area (Å²) in [6, 6.07) is 8.21. The van der Waals surface area contributed by atoms with Gasteiger partial charge in [0, 0.05) is 23.4 Å². The lowest BCUT2D eigenvalue weighted by Crippen LogP contribution is -1.99. The van der Waals surface area contributed by atoms with E-state index >= 15 is 0 Å². The third-order valence-corrected chi connectivity index (χ3v) is 2.82. The van der Waals surface area contributed by atoms with Crippen LogP contribution in [-0.2, 0) is 4.79 Å². The highest BCUT2D eigenvalue weighted by Gasteiger charge is 2.18. The zero-order valence-electron chi connectivity index (χ0n) is 9.13. The van der Waals surface area contributed by atoms with Gasteiger partial charge in [-0.05, 0) is 32.4 Å². The minimum absolute atomic E-state index is 0.268. The number of carbonyl (C=O) groups is 1. The van der Waals surface area contributed by atoms with Crippen LogP contribution in [0.2, 0.25) is 0 Å². The molecule has 0 unspecified atom stereocenters. The number of benzene rings is 1. The summed E-state index contributed by atoms with van der Waals surface area (Å²) < 4.78 is 0. The number of anilines is 1. The maximum Gasteiger partial charge on any atom is 0.160 e. The number of ketones is 1. The van der Waals surface area contributed by atoms with Crippen molar-refractivity contribution in [3.63, 3.8) is 0 Å². The third kappa shape index (κ3) is 2.09. The van der Waals surface area contributed by atoms with Gasteiger partial charge in [-0.25, -0.2) is 0 Å². The molecule has 2 nitrogen and oxygen atoms in total. The van der Waals surface area contributed by atoms with Crippen molar-refractivity contribution in [2.75, 3.05) is 5.32 Å². The third-order valence-electron chi connectivity index (χ3n) is 2.82. The summed E-state index contributed by atoms with van der Waals surface area (Å²) in [5, 5.41) is 3.31. The predicted molar refractivity (Wildman–Crippen MR) is 61.7 cm³/mol. The largest absolute Gasteiger partial charge is 0.359 e. The van der Waals surface area contributed by atoms with Crippen molar-refractivity contribution in [3.05, 3.63) is 41.1 Å². The van der Waals surface area contributed by atoms with Gasteiger partial charge in [-0.3, -0.25) is 4.79 Å². The quantitative estimate of drug-likeness (QED) is 0.796. The summed E-state index contributed by atoms with van der Waals surface area (Å²) in [4.78, 5) is 11.3. The minimum atomic E-state index is 0.268. The van der Waals surface area contributed by atoms with Gasteiger partial charge in [-0.1, -0.05) is 17.7 Å². The molecule has 0 saturated carbocycles. The number of carbonyl (C=O) groups excluding carboxylic acids is 1. The number of nitrogens with one attached hydrogen (secondary N) is 1. The minimum Gasteiger partial charge on any atom is -0.359 e. The first-order valence-corrected chi connectivity index (χ1v) is 5.23. The smallest absolute Gasteiger partial charge is 0.160 e. The molecule has 0 radical (unpaired) electrons. The zero-order valence-corrected chi connectivity index (χ0v) is 9.13. The van der Waals surface area contributed by atoms with E-state index in [9.17, 15) is 4.79 Å². The highest BCUT2D eigenvalue weighted by atomic mass is 16.1. The van der Waals surface area contributed by atoms with Gasteiger partial charge < -0.3 is 5.32 Å². The molecule has 0 bridgehead atoms. The molecule has 2 rings (SSSR count). The molecule has 1 aliphatic carbocycles. The molecule has 0 saturated heterocycles. The van der Waals surface area contributed by atoms with Gasteiger partial charge in [0.2, 0.25) is 0 Å². The van der Waals surface area contributed by atoms with Gasteiger partial charge in [0.15, 0.2) is 5.78 Å². The second kappa shape index (κ2) is 3.89. The topological polar surface area (TPSA) is 29.1 Å². The number of aryl methyl sites for hydroxylation is 1. The van der Waals surface area contributed by atoms with E-state index in [0.29, 0.717) is 6.42 Å². The van der Waals surface area contributed by atoms with E-state index in [1.807, 2.05) is 19.1 Å². The monoisotopic (exact) mass is 201 g/mol. The van der Waals surface area contributed by atoms with Gasteiger partial charge in [-0.15, -0.1) is 0 Å². The number of Topliss-reactive ketones (excluding diaryl/α,β-unsaturated/α-hetero) is 1. The van der Waals surface area contributed by atoms with Gasteiger partial charge in [0.25, 0.3) is 0 Å². The van der Waals surface area contributed by atoms with E-state index in [4.69, 9.17) is 0 Å². The number of rotatable bonds is 2. The Morgan fingerprint density at radius 3 is 2.27 bits per heavy atom. The Bertz CT molecular complexity index is 415. The molecule has 1 aliphatic rings. The Morgan fingerprint density at radius 1 is 1.07 bits per heavy atom. The summed E-state index contributed by atoms with van der Waals surface area (Å²) in [5.41, 5.74) is 4.26. The fourth-order valence-corrected chi connectivity index (χ4v) is 1.75. The summed E-state index contributed by atoms with van der Waals surface area (Å²) in [5.74, 6) is 0.268. The van der Waals surface area contributed by atoms with E-state index in [1.165, 1.54) is 5.56 Å². The van der Waals surface area contributed by atoms with Gasteiger partial charge in [-0.2, -0.15) is 0 Å². The van der Waals surface area contributed by atoms with Crippen LogP contribution in [0.25, 0.3) is 0 Å². The van der Waals surface area contributed by atoms with Gasteiger partial charge in [0.05, 0.1) is 0 Å². The van der Waals surface area contributed by atoms with E-state index in [0.717, 1.165) is 23.4 Å². The Hall–Kier alpha value is -1.57. The van der Waals surface area contributed by atoms with Crippen molar-refractivity contribution in [3.8, 4) is 0 Å². The summed E-state index contributed by atoms with van der Waals surface area (Å²) in [6.45, 7) is 3.96. The van der Waals surface area contributed by atoms with Crippen LogP contribution >= 0.6 is 0 Å². The molecule has 15 heavy (non-hydrogen) atoms. The molecule has 1 N–H and O–H groups in total. The molecule has 0 amide bonds. The fourth-order valence-electron chi connectivity index (χ4n) is 1.75. The lowest BCUT2D eigenvalue weighted by atomic mass is 10.2. The predicted octanol–water partition coefficient (Wildman–Crippen LogP) is 3.04. The Kier molecular flexibility index (Phi) is 2.58. The molecule has 0 fully saturated rings. The normalized spacial score (nSPS) is 16.0. The average molecular weight is 201 g/mol. The van der Waals surface area contributed by atoms with Crippen molar-refractivity contribution in [2.24, 2.45) is 0 Å². The van der Waals surface area contributed by atoms with E-state index in [-0.39, 0.29) is 5.78 Å². The Balaban J connectivity index is 2.16. The van der Waals surface area contributed by atoms with Crippen molar-refractivity contribution >= 4 is 11.5 Å². The van der Waals surface area contributed by atoms with Crippen LogP contribution in [0.4, 0.5) is 5.69 Å². The first-order chi connectivity index (χ1) is 7.16. The van der Waals surface area contributed by atoms with Crippen LogP contribution < -0.4 is 5.32 Å². The Morgan fingerprint density at radius 2 is 1.73 bits per heavy atom. The lowest BCUT2D eigenvalue weighted by Gasteiger charge is -2.08. The van der Waals surface area contributed by atoms with Crippen LogP contribution in [0.3, 0.4) is 0 Å². The highest BCUT2D eigenvalue weighted by molar-refractivity contribution is 5.98. The number of hydrogen-bond acceptors (Lipinski definition) is 2. The molecule has 1 aromatic carbocycles. The summed E-state index contributed by atoms with van der Waals surface area (Å²) in [7, 11) is 0. The average Bonchev–Trinajstić information content (AvgIpc) is 2.53. The molecule has 1 aromatic rings. The van der Waals surface area contributed by atoms with Crippen LogP contribution in [0.15, 0.2) is 35.5 Å². The van der Waals surface area contributed by atoms with Crippen LogP contribution in [0, 0.1) is 6.92 Å². The van der Waals surface area contributed by atoms with E-state index in [1.54, 1.807) is 0 Å². The molecule has 0 spiro atoms. The van der Waals surface area contributed by atoms with Crippen molar-refractivity contribution in [1.29, 1.82) is 0 Å². The summed E-state index contributed by atoms with van der Waals surface area (Å²) in [6.07, 6.45) is 1.50. The first kappa shape index (κ1) is 9.97. The SMILES string of the molecule is CC1=C(Nc2ccc(C)cc2)CCC1=O. The van der Waals surface area contributed by atoms with Gasteiger partial charge in [0.1, 0.15) is 0 Å². The van der Waals surface area contributed by atoms with Crippen LogP contribution in [0.1, 0.15) is 25.3 Å². The molecular formula is C13H15NO. The second-order valence-electron chi connectivity index (χ2n) is 4.02. The maximum absolute atomic E-state index is 11.3. The molecule has 2 heteroatoms. The van der Waals surface area contributed by atoms with Gasteiger partial charge >= 0.3 is 0 Å².